The minimum Gasteiger partial charge on any atom is -0.378 e. The van der Waals surface area contributed by atoms with E-state index in [0.29, 0.717) is 5.56 Å². The summed E-state index contributed by atoms with van der Waals surface area (Å²) in [6.07, 6.45) is 0.735. The highest BCUT2D eigenvalue weighted by Crippen LogP contribution is 2.34. The molecule has 0 saturated heterocycles. The number of para-hydroxylation sites is 1. The first-order valence-corrected chi connectivity index (χ1v) is 5.53. The van der Waals surface area contributed by atoms with Crippen LogP contribution in [0.15, 0.2) is 42.5 Å². The second-order valence-electron chi connectivity index (χ2n) is 4.22. The Hall–Kier alpha value is -1.90. The average molecular weight is 231 g/mol. The lowest BCUT2D eigenvalue weighted by Crippen LogP contribution is -2.08. The molecule has 1 atom stereocenters. The SMILES string of the molecule is Fc1ccc(C2Cc3ccccc3N2)c(F)c1. The zero-order valence-corrected chi connectivity index (χ0v) is 9.08. The van der Waals surface area contributed by atoms with Crippen LogP contribution < -0.4 is 5.32 Å². The maximum Gasteiger partial charge on any atom is 0.131 e. The molecule has 0 aromatic heterocycles. The van der Waals surface area contributed by atoms with Crippen LogP contribution in [-0.2, 0) is 6.42 Å². The van der Waals surface area contributed by atoms with Crippen molar-refractivity contribution in [3.8, 4) is 0 Å². The molecule has 0 aliphatic carbocycles. The molecule has 1 N–H and O–H groups in total. The fourth-order valence-corrected chi connectivity index (χ4v) is 2.27. The molecule has 17 heavy (non-hydrogen) atoms. The zero-order valence-electron chi connectivity index (χ0n) is 9.08. The molecule has 3 heteroatoms. The monoisotopic (exact) mass is 231 g/mol. The molecule has 0 saturated carbocycles. The number of benzene rings is 2. The van der Waals surface area contributed by atoms with Gasteiger partial charge in [0.15, 0.2) is 0 Å². The van der Waals surface area contributed by atoms with Crippen molar-refractivity contribution in [1.82, 2.24) is 0 Å². The topological polar surface area (TPSA) is 12.0 Å². The van der Waals surface area contributed by atoms with Gasteiger partial charge in [0.1, 0.15) is 11.6 Å². The molecule has 1 heterocycles. The molecule has 0 radical (unpaired) electrons. The number of anilines is 1. The van der Waals surface area contributed by atoms with Gasteiger partial charge in [0.25, 0.3) is 0 Å². The van der Waals surface area contributed by atoms with Crippen LogP contribution in [-0.4, -0.2) is 0 Å². The van der Waals surface area contributed by atoms with Crippen LogP contribution in [0.25, 0.3) is 0 Å². The van der Waals surface area contributed by atoms with Crippen LogP contribution in [0.4, 0.5) is 14.5 Å². The van der Waals surface area contributed by atoms with Gasteiger partial charge in [-0.1, -0.05) is 24.3 Å². The Morgan fingerprint density at radius 2 is 1.88 bits per heavy atom. The summed E-state index contributed by atoms with van der Waals surface area (Å²) in [5.74, 6) is -1.03. The molecule has 0 spiro atoms. The van der Waals surface area contributed by atoms with Crippen molar-refractivity contribution in [2.45, 2.75) is 12.5 Å². The Morgan fingerprint density at radius 1 is 1.06 bits per heavy atom. The molecule has 1 aliphatic heterocycles. The summed E-state index contributed by atoms with van der Waals surface area (Å²) in [7, 11) is 0. The molecule has 2 aromatic rings. The first-order chi connectivity index (χ1) is 8.24. The lowest BCUT2D eigenvalue weighted by Gasteiger charge is -2.12. The predicted molar refractivity (Wildman–Crippen MR) is 62.9 cm³/mol. The van der Waals surface area contributed by atoms with Gasteiger partial charge in [-0.05, 0) is 24.1 Å². The van der Waals surface area contributed by atoms with Crippen molar-refractivity contribution in [1.29, 1.82) is 0 Å². The van der Waals surface area contributed by atoms with Gasteiger partial charge in [-0.2, -0.15) is 0 Å². The van der Waals surface area contributed by atoms with Crippen molar-refractivity contribution in [3.63, 3.8) is 0 Å². The second-order valence-corrected chi connectivity index (χ2v) is 4.22. The van der Waals surface area contributed by atoms with Gasteiger partial charge in [-0.3, -0.25) is 0 Å². The van der Waals surface area contributed by atoms with Crippen LogP contribution in [0.1, 0.15) is 17.2 Å². The third-order valence-corrected chi connectivity index (χ3v) is 3.11. The smallest absolute Gasteiger partial charge is 0.131 e. The third-order valence-electron chi connectivity index (χ3n) is 3.11. The van der Waals surface area contributed by atoms with Gasteiger partial charge in [-0.25, -0.2) is 8.78 Å². The van der Waals surface area contributed by atoms with Crippen LogP contribution >= 0.6 is 0 Å². The highest BCUT2D eigenvalue weighted by molar-refractivity contribution is 5.58. The zero-order chi connectivity index (χ0) is 11.8. The van der Waals surface area contributed by atoms with Crippen LogP contribution in [0.5, 0.6) is 0 Å². The minimum atomic E-state index is -0.540. The standard InChI is InChI=1S/C14H11F2N/c15-10-5-6-11(12(16)8-10)14-7-9-3-1-2-4-13(9)17-14/h1-6,8,14,17H,7H2. The lowest BCUT2D eigenvalue weighted by molar-refractivity contribution is 0.563. The highest BCUT2D eigenvalue weighted by Gasteiger charge is 2.23. The molecule has 1 unspecified atom stereocenters. The average Bonchev–Trinajstić information content (AvgIpc) is 2.72. The van der Waals surface area contributed by atoms with E-state index in [1.54, 1.807) is 0 Å². The quantitative estimate of drug-likeness (QED) is 0.789. The van der Waals surface area contributed by atoms with E-state index in [1.807, 2.05) is 24.3 Å². The summed E-state index contributed by atoms with van der Waals surface area (Å²) in [5, 5.41) is 3.25. The van der Waals surface area contributed by atoms with Gasteiger partial charge in [0, 0.05) is 17.3 Å². The van der Waals surface area contributed by atoms with E-state index in [0.717, 1.165) is 18.2 Å². The van der Waals surface area contributed by atoms with Gasteiger partial charge < -0.3 is 5.32 Å². The summed E-state index contributed by atoms with van der Waals surface area (Å²) in [6.45, 7) is 0. The first-order valence-electron chi connectivity index (χ1n) is 5.53. The Balaban J connectivity index is 1.94. The van der Waals surface area contributed by atoms with Gasteiger partial charge in [-0.15, -0.1) is 0 Å². The number of nitrogens with one attached hydrogen (secondary N) is 1. The van der Waals surface area contributed by atoms with Crippen LogP contribution in [0, 0.1) is 11.6 Å². The van der Waals surface area contributed by atoms with Crippen molar-refractivity contribution in [2.24, 2.45) is 0 Å². The summed E-state index contributed by atoms with van der Waals surface area (Å²) in [5.41, 5.74) is 2.71. The maximum atomic E-state index is 13.6. The van der Waals surface area contributed by atoms with E-state index in [-0.39, 0.29) is 6.04 Å². The number of halogens is 2. The predicted octanol–water partition coefficient (Wildman–Crippen LogP) is 3.67. The van der Waals surface area contributed by atoms with Crippen molar-refractivity contribution in [3.05, 3.63) is 65.2 Å². The van der Waals surface area contributed by atoms with Gasteiger partial charge >= 0.3 is 0 Å². The third kappa shape index (κ3) is 1.78. The summed E-state index contributed by atoms with van der Waals surface area (Å²) >= 11 is 0. The van der Waals surface area contributed by atoms with Crippen LogP contribution in [0.2, 0.25) is 0 Å². The summed E-state index contributed by atoms with van der Waals surface area (Å²) < 4.78 is 26.5. The Morgan fingerprint density at radius 3 is 2.65 bits per heavy atom. The maximum absolute atomic E-state index is 13.6. The number of hydrogen-bond acceptors (Lipinski definition) is 1. The Labute approximate surface area is 98.1 Å². The fourth-order valence-electron chi connectivity index (χ4n) is 2.27. The van der Waals surface area contributed by atoms with Crippen molar-refractivity contribution >= 4 is 5.69 Å². The molecule has 3 rings (SSSR count). The largest absolute Gasteiger partial charge is 0.378 e. The molecule has 0 amide bonds. The first kappa shape index (κ1) is 10.3. The van der Waals surface area contributed by atoms with Gasteiger partial charge in [0.2, 0.25) is 0 Å². The van der Waals surface area contributed by atoms with Crippen molar-refractivity contribution in [2.75, 3.05) is 5.32 Å². The number of rotatable bonds is 1. The number of fused-ring (bicyclic) bond motifs is 1. The van der Waals surface area contributed by atoms with E-state index >= 15 is 0 Å². The van der Waals surface area contributed by atoms with E-state index in [4.69, 9.17) is 0 Å². The molecule has 0 fully saturated rings. The molecule has 86 valence electrons. The minimum absolute atomic E-state index is 0.104. The highest BCUT2D eigenvalue weighted by atomic mass is 19.1. The van der Waals surface area contributed by atoms with Crippen LogP contribution in [0.3, 0.4) is 0 Å². The molecule has 1 aliphatic rings. The molecule has 2 aromatic carbocycles. The van der Waals surface area contributed by atoms with E-state index in [2.05, 4.69) is 5.32 Å². The molecule has 1 nitrogen and oxygen atoms in total. The van der Waals surface area contributed by atoms with Crippen molar-refractivity contribution < 1.29 is 8.78 Å². The normalized spacial score (nSPS) is 17.6. The summed E-state index contributed by atoms with van der Waals surface area (Å²) in [6, 6.07) is 11.5. The van der Waals surface area contributed by atoms with E-state index < -0.39 is 11.6 Å². The molecular weight excluding hydrogens is 220 g/mol. The molecule has 0 bridgehead atoms. The fraction of sp³-hybridized carbons (Fsp3) is 0.143. The van der Waals surface area contributed by atoms with E-state index in [1.165, 1.54) is 17.7 Å². The number of hydrogen-bond donors (Lipinski definition) is 1. The lowest BCUT2D eigenvalue weighted by atomic mass is 10.0. The van der Waals surface area contributed by atoms with Gasteiger partial charge in [0.05, 0.1) is 6.04 Å². The molecular formula is C14H11F2N. The Bertz CT molecular complexity index is 541. The second kappa shape index (κ2) is 3.84. The Kier molecular flexibility index (Phi) is 2.32. The summed E-state index contributed by atoms with van der Waals surface area (Å²) in [4.78, 5) is 0. The van der Waals surface area contributed by atoms with E-state index in [9.17, 15) is 8.78 Å².